The van der Waals surface area contributed by atoms with E-state index in [2.05, 4.69) is 33.9 Å². The van der Waals surface area contributed by atoms with Gasteiger partial charge >= 0.3 is 5.97 Å². The maximum atomic E-state index is 11.3. The van der Waals surface area contributed by atoms with Gasteiger partial charge in [-0.3, -0.25) is 4.79 Å². The van der Waals surface area contributed by atoms with E-state index in [0.29, 0.717) is 0 Å². The molecule has 0 saturated heterocycles. The van der Waals surface area contributed by atoms with Gasteiger partial charge in [0.05, 0.1) is 12.0 Å². The van der Waals surface area contributed by atoms with E-state index in [4.69, 9.17) is 4.43 Å². The summed E-state index contributed by atoms with van der Waals surface area (Å²) in [5.74, 6) is -0.838. The van der Waals surface area contributed by atoms with Crippen LogP contribution >= 0.6 is 0 Å². The maximum Gasteiger partial charge on any atom is 0.306 e. The average Bonchev–Trinajstić information content (AvgIpc) is 2.26. The molecule has 3 nitrogen and oxygen atoms in total. The van der Waals surface area contributed by atoms with Crippen LogP contribution < -0.4 is 0 Å². The van der Waals surface area contributed by atoms with Gasteiger partial charge in [0, 0.05) is 0 Å². The van der Waals surface area contributed by atoms with Crippen LogP contribution in [0.15, 0.2) is 30.3 Å². The number of aliphatic carboxylic acids is 1. The highest BCUT2D eigenvalue weighted by Crippen LogP contribution is 2.42. The standard InChI is InChI=1S/C16H26O3Si/c1-15(2,3)20(5,6)19-16(4,12-14(17)18)13-10-8-7-9-11-13/h7-11H,12H2,1-6H3,(H,17,18)/t16-/m1/s1. The molecule has 0 amide bonds. The molecule has 1 N–H and O–H groups in total. The van der Waals surface area contributed by atoms with Crippen LogP contribution in [-0.4, -0.2) is 19.4 Å². The summed E-state index contributed by atoms with van der Waals surface area (Å²) in [4.78, 5) is 11.3. The Bertz CT molecular complexity index is 462. The molecule has 20 heavy (non-hydrogen) atoms. The first kappa shape index (κ1) is 16.9. The van der Waals surface area contributed by atoms with Crippen LogP contribution in [0.2, 0.25) is 18.1 Å². The predicted octanol–water partition coefficient (Wildman–Crippen LogP) is 4.40. The molecular weight excluding hydrogens is 268 g/mol. The molecule has 4 heteroatoms. The number of rotatable bonds is 5. The van der Waals surface area contributed by atoms with Crippen LogP contribution in [0.5, 0.6) is 0 Å². The van der Waals surface area contributed by atoms with Gasteiger partial charge in [0.2, 0.25) is 0 Å². The van der Waals surface area contributed by atoms with Gasteiger partial charge in [-0.05, 0) is 30.6 Å². The zero-order valence-electron chi connectivity index (χ0n) is 13.4. The number of carboxylic acid groups (broad SMARTS) is 1. The van der Waals surface area contributed by atoms with Crippen LogP contribution in [0.1, 0.15) is 39.7 Å². The van der Waals surface area contributed by atoms with Gasteiger partial charge in [0.25, 0.3) is 0 Å². The minimum absolute atomic E-state index is 0.0243. The first-order chi connectivity index (χ1) is 8.98. The van der Waals surface area contributed by atoms with Crippen LogP contribution in [0.25, 0.3) is 0 Å². The highest BCUT2D eigenvalue weighted by atomic mass is 28.4. The van der Waals surface area contributed by atoms with Crippen molar-refractivity contribution >= 4 is 14.3 Å². The van der Waals surface area contributed by atoms with Gasteiger partial charge in [-0.25, -0.2) is 0 Å². The molecule has 0 saturated carbocycles. The highest BCUT2D eigenvalue weighted by molar-refractivity contribution is 6.74. The fourth-order valence-electron chi connectivity index (χ4n) is 1.99. The van der Waals surface area contributed by atoms with Crippen LogP contribution in [0.3, 0.4) is 0 Å². The van der Waals surface area contributed by atoms with Crippen molar-refractivity contribution in [1.82, 2.24) is 0 Å². The first-order valence-electron chi connectivity index (χ1n) is 6.95. The lowest BCUT2D eigenvalue weighted by atomic mass is 9.93. The molecule has 0 aromatic heterocycles. The average molecular weight is 294 g/mol. The van der Waals surface area contributed by atoms with Crippen LogP contribution in [0, 0.1) is 0 Å². The van der Waals surface area contributed by atoms with E-state index in [0.717, 1.165) is 5.56 Å². The Labute approximate surface area is 123 Å². The smallest absolute Gasteiger partial charge is 0.306 e. The second-order valence-corrected chi connectivity index (χ2v) is 11.8. The van der Waals surface area contributed by atoms with E-state index in [1.165, 1.54) is 0 Å². The van der Waals surface area contributed by atoms with Gasteiger partial charge in [0.1, 0.15) is 0 Å². The van der Waals surface area contributed by atoms with Crippen molar-refractivity contribution in [2.75, 3.05) is 0 Å². The van der Waals surface area contributed by atoms with E-state index in [1.54, 1.807) is 0 Å². The quantitative estimate of drug-likeness (QED) is 0.819. The normalized spacial score (nSPS) is 15.7. The molecule has 1 atom stereocenters. The molecule has 0 spiro atoms. The summed E-state index contributed by atoms with van der Waals surface area (Å²) in [6, 6.07) is 9.65. The summed E-state index contributed by atoms with van der Waals surface area (Å²) >= 11 is 0. The van der Waals surface area contributed by atoms with Crippen molar-refractivity contribution in [1.29, 1.82) is 0 Å². The SMILES string of the molecule is CC(C)(C)[Si](C)(C)O[C@](C)(CC(=O)O)c1ccccc1. The number of hydrogen-bond acceptors (Lipinski definition) is 2. The van der Waals surface area contributed by atoms with Gasteiger partial charge in [0.15, 0.2) is 8.32 Å². The van der Waals surface area contributed by atoms with Crippen molar-refractivity contribution in [2.24, 2.45) is 0 Å². The molecule has 0 aliphatic heterocycles. The summed E-state index contributed by atoms with van der Waals surface area (Å²) < 4.78 is 6.44. The fraction of sp³-hybridized carbons (Fsp3) is 0.562. The van der Waals surface area contributed by atoms with E-state index in [-0.39, 0.29) is 11.5 Å². The fourth-order valence-corrected chi connectivity index (χ4v) is 3.62. The van der Waals surface area contributed by atoms with Gasteiger partial charge in [-0.15, -0.1) is 0 Å². The minimum Gasteiger partial charge on any atom is -0.481 e. The molecular formula is C16H26O3Si. The molecule has 0 bridgehead atoms. The van der Waals surface area contributed by atoms with E-state index in [1.807, 2.05) is 37.3 Å². The Hall–Kier alpha value is -1.13. The Kier molecular flexibility index (Phi) is 4.82. The third-order valence-corrected chi connectivity index (χ3v) is 8.73. The van der Waals surface area contributed by atoms with Crippen molar-refractivity contribution < 1.29 is 14.3 Å². The summed E-state index contributed by atoms with van der Waals surface area (Å²) in [6.07, 6.45) is -0.0243. The molecule has 0 unspecified atom stereocenters. The van der Waals surface area contributed by atoms with Crippen molar-refractivity contribution in [2.45, 2.75) is 57.8 Å². The monoisotopic (exact) mass is 294 g/mol. The lowest BCUT2D eigenvalue weighted by Crippen LogP contribution is -2.48. The largest absolute Gasteiger partial charge is 0.481 e. The highest BCUT2D eigenvalue weighted by Gasteiger charge is 2.44. The summed E-state index contributed by atoms with van der Waals surface area (Å²) in [5, 5.41) is 9.29. The maximum absolute atomic E-state index is 11.3. The lowest BCUT2D eigenvalue weighted by Gasteiger charge is -2.44. The number of benzene rings is 1. The Morgan fingerprint density at radius 1 is 1.15 bits per heavy atom. The van der Waals surface area contributed by atoms with Gasteiger partial charge < -0.3 is 9.53 Å². The predicted molar refractivity (Wildman–Crippen MR) is 84.3 cm³/mol. The number of hydrogen-bond donors (Lipinski definition) is 1. The molecule has 0 aliphatic carbocycles. The number of carbonyl (C=O) groups is 1. The lowest BCUT2D eigenvalue weighted by molar-refractivity contribution is -0.141. The first-order valence-corrected chi connectivity index (χ1v) is 9.86. The van der Waals surface area contributed by atoms with Crippen LogP contribution in [-0.2, 0) is 14.8 Å². The summed E-state index contributed by atoms with van der Waals surface area (Å²) in [5.41, 5.74) is 0.142. The Morgan fingerprint density at radius 2 is 1.65 bits per heavy atom. The number of carboxylic acids is 1. The minimum atomic E-state index is -2.05. The zero-order valence-corrected chi connectivity index (χ0v) is 14.4. The van der Waals surface area contributed by atoms with Crippen LogP contribution in [0.4, 0.5) is 0 Å². The molecule has 0 aliphatic rings. The van der Waals surface area contributed by atoms with E-state index in [9.17, 15) is 9.90 Å². The molecule has 1 rings (SSSR count). The molecule has 0 heterocycles. The molecule has 1 aromatic carbocycles. The van der Waals surface area contributed by atoms with E-state index >= 15 is 0 Å². The molecule has 1 aromatic rings. The van der Waals surface area contributed by atoms with Crippen molar-refractivity contribution in [3.05, 3.63) is 35.9 Å². The Balaban J connectivity index is 3.17. The summed E-state index contributed by atoms with van der Waals surface area (Å²) in [7, 11) is -2.05. The molecule has 112 valence electrons. The third-order valence-electron chi connectivity index (χ3n) is 4.16. The summed E-state index contributed by atoms with van der Waals surface area (Å²) in [6.45, 7) is 12.7. The van der Waals surface area contributed by atoms with Crippen molar-refractivity contribution in [3.8, 4) is 0 Å². The van der Waals surface area contributed by atoms with Gasteiger partial charge in [-0.1, -0.05) is 51.1 Å². The second-order valence-electron chi connectivity index (χ2n) is 7.03. The van der Waals surface area contributed by atoms with Crippen molar-refractivity contribution in [3.63, 3.8) is 0 Å². The van der Waals surface area contributed by atoms with E-state index < -0.39 is 19.9 Å². The third kappa shape index (κ3) is 3.93. The second kappa shape index (κ2) is 5.70. The molecule has 0 fully saturated rings. The topological polar surface area (TPSA) is 46.5 Å². The Morgan fingerprint density at radius 3 is 2.05 bits per heavy atom. The molecule has 0 radical (unpaired) electrons. The zero-order chi connectivity index (χ0) is 15.6. The van der Waals surface area contributed by atoms with Gasteiger partial charge in [-0.2, -0.15) is 0 Å².